The van der Waals surface area contributed by atoms with E-state index in [9.17, 15) is 8.42 Å². The van der Waals surface area contributed by atoms with Crippen molar-refractivity contribution < 1.29 is 8.42 Å². The summed E-state index contributed by atoms with van der Waals surface area (Å²) in [5.74, 6) is 0.181. The largest absolute Gasteiger partial charge is 0.399 e. The highest BCUT2D eigenvalue weighted by atomic mass is 32.2. The van der Waals surface area contributed by atoms with Crippen molar-refractivity contribution in [3.05, 3.63) is 23.8 Å². The quantitative estimate of drug-likeness (QED) is 0.654. The van der Waals surface area contributed by atoms with E-state index in [0.717, 1.165) is 5.56 Å². The molecule has 82 valence electrons. The minimum Gasteiger partial charge on any atom is -0.399 e. The number of fused-ring (bicyclic) bond motifs is 1. The van der Waals surface area contributed by atoms with Crippen LogP contribution < -0.4 is 5.73 Å². The molecular weight excluding hydrogens is 212 g/mol. The molecule has 2 rings (SSSR count). The summed E-state index contributed by atoms with van der Waals surface area (Å²) in [5.41, 5.74) is 7.06. The second kappa shape index (κ2) is 3.50. The molecule has 0 spiro atoms. The maximum Gasteiger partial charge on any atom is 0.179 e. The third kappa shape index (κ3) is 1.98. The molecule has 5 heteroatoms. The standard InChI is InChI=1S/C10H14N2O2S/c1-12-4-5-15(13,14)10-3-2-9(11)6-8(10)7-12/h2-3,6H,4-5,7,11H2,1H3. The summed E-state index contributed by atoms with van der Waals surface area (Å²) in [5, 5.41) is 0. The first-order valence-corrected chi connectivity index (χ1v) is 6.44. The molecule has 1 aliphatic rings. The maximum absolute atomic E-state index is 11.9. The van der Waals surface area contributed by atoms with Crippen LogP contribution in [0.15, 0.2) is 23.1 Å². The van der Waals surface area contributed by atoms with Gasteiger partial charge in [-0.05, 0) is 30.8 Å². The fourth-order valence-electron chi connectivity index (χ4n) is 1.78. The van der Waals surface area contributed by atoms with Crippen LogP contribution in [0, 0.1) is 0 Å². The summed E-state index contributed by atoms with van der Waals surface area (Å²) in [7, 11) is -1.21. The van der Waals surface area contributed by atoms with Crippen molar-refractivity contribution in [1.82, 2.24) is 4.90 Å². The van der Waals surface area contributed by atoms with Crippen molar-refractivity contribution in [2.24, 2.45) is 0 Å². The van der Waals surface area contributed by atoms with Gasteiger partial charge in [-0.2, -0.15) is 0 Å². The molecule has 0 bridgehead atoms. The second-order valence-corrected chi connectivity index (χ2v) is 6.00. The monoisotopic (exact) mass is 226 g/mol. The molecule has 0 fully saturated rings. The average Bonchev–Trinajstić information content (AvgIpc) is 2.24. The van der Waals surface area contributed by atoms with E-state index in [2.05, 4.69) is 0 Å². The molecule has 1 aliphatic heterocycles. The maximum atomic E-state index is 11.9. The van der Waals surface area contributed by atoms with E-state index in [1.54, 1.807) is 18.2 Å². The fourth-order valence-corrected chi connectivity index (χ4v) is 3.35. The van der Waals surface area contributed by atoms with Gasteiger partial charge in [-0.15, -0.1) is 0 Å². The van der Waals surface area contributed by atoms with Gasteiger partial charge in [0.05, 0.1) is 10.6 Å². The number of hydrogen-bond acceptors (Lipinski definition) is 4. The number of nitrogens with two attached hydrogens (primary N) is 1. The van der Waals surface area contributed by atoms with Crippen LogP contribution in [0.25, 0.3) is 0 Å². The lowest BCUT2D eigenvalue weighted by molar-refractivity contribution is 0.348. The molecule has 0 unspecified atom stereocenters. The van der Waals surface area contributed by atoms with Crippen LogP contribution in [0.3, 0.4) is 0 Å². The summed E-state index contributed by atoms with van der Waals surface area (Å²) >= 11 is 0. The predicted octanol–water partition coefficient (Wildman–Crippen LogP) is 0.488. The van der Waals surface area contributed by atoms with Crippen molar-refractivity contribution in [2.75, 3.05) is 25.1 Å². The highest BCUT2D eigenvalue weighted by Crippen LogP contribution is 2.23. The van der Waals surface area contributed by atoms with Gasteiger partial charge in [0.2, 0.25) is 0 Å². The summed E-state index contributed by atoms with van der Waals surface area (Å²) in [6.45, 7) is 1.20. The van der Waals surface area contributed by atoms with Gasteiger partial charge in [0.1, 0.15) is 0 Å². The number of hydrogen-bond donors (Lipinski definition) is 1. The Morgan fingerprint density at radius 3 is 2.87 bits per heavy atom. The fraction of sp³-hybridized carbons (Fsp3) is 0.400. The first-order valence-electron chi connectivity index (χ1n) is 4.79. The van der Waals surface area contributed by atoms with Gasteiger partial charge >= 0.3 is 0 Å². The Morgan fingerprint density at radius 1 is 1.40 bits per heavy atom. The average molecular weight is 226 g/mol. The number of benzene rings is 1. The molecule has 0 aliphatic carbocycles. The Hall–Kier alpha value is -1.07. The van der Waals surface area contributed by atoms with Gasteiger partial charge < -0.3 is 10.6 Å². The van der Waals surface area contributed by atoms with E-state index in [-0.39, 0.29) is 5.75 Å². The van der Waals surface area contributed by atoms with Crippen molar-refractivity contribution in [2.45, 2.75) is 11.4 Å². The van der Waals surface area contributed by atoms with E-state index in [0.29, 0.717) is 23.7 Å². The first-order chi connectivity index (χ1) is 6.99. The topological polar surface area (TPSA) is 63.4 Å². The van der Waals surface area contributed by atoms with Gasteiger partial charge in [0.15, 0.2) is 9.84 Å². The smallest absolute Gasteiger partial charge is 0.179 e. The predicted molar refractivity (Wildman–Crippen MR) is 59.2 cm³/mol. The van der Waals surface area contributed by atoms with Gasteiger partial charge in [0.25, 0.3) is 0 Å². The minimum atomic E-state index is -3.13. The van der Waals surface area contributed by atoms with Crippen LogP contribution in [-0.4, -0.2) is 32.7 Å². The highest BCUT2D eigenvalue weighted by Gasteiger charge is 2.23. The Kier molecular flexibility index (Phi) is 2.44. The van der Waals surface area contributed by atoms with Crippen molar-refractivity contribution in [3.63, 3.8) is 0 Å². The lowest BCUT2D eigenvalue weighted by atomic mass is 10.2. The molecule has 1 aromatic rings. The molecule has 0 amide bonds. The van der Waals surface area contributed by atoms with Crippen LogP contribution in [-0.2, 0) is 16.4 Å². The SMILES string of the molecule is CN1CCS(=O)(=O)c2ccc(N)cc2C1. The third-order valence-corrected chi connectivity index (χ3v) is 4.39. The molecule has 2 N–H and O–H groups in total. The molecule has 1 aromatic carbocycles. The van der Waals surface area contributed by atoms with Crippen molar-refractivity contribution in [3.8, 4) is 0 Å². The normalized spacial score (nSPS) is 20.6. The summed E-state index contributed by atoms with van der Waals surface area (Å²) in [6.07, 6.45) is 0. The number of nitrogen functional groups attached to an aromatic ring is 1. The molecule has 4 nitrogen and oxygen atoms in total. The second-order valence-electron chi connectivity index (χ2n) is 3.92. The molecule has 15 heavy (non-hydrogen) atoms. The zero-order valence-corrected chi connectivity index (χ0v) is 9.42. The molecular formula is C10H14N2O2S. The Balaban J connectivity index is 2.61. The number of nitrogens with zero attached hydrogens (tertiary/aromatic N) is 1. The van der Waals surface area contributed by atoms with E-state index >= 15 is 0 Å². The van der Waals surface area contributed by atoms with Gasteiger partial charge in [-0.1, -0.05) is 0 Å². The zero-order valence-electron chi connectivity index (χ0n) is 8.60. The van der Waals surface area contributed by atoms with Crippen LogP contribution in [0.4, 0.5) is 5.69 Å². The van der Waals surface area contributed by atoms with E-state index < -0.39 is 9.84 Å². The van der Waals surface area contributed by atoms with Crippen LogP contribution in [0.1, 0.15) is 5.56 Å². The summed E-state index contributed by atoms with van der Waals surface area (Å²) < 4.78 is 23.8. The molecule has 0 atom stereocenters. The first kappa shape index (κ1) is 10.4. The zero-order chi connectivity index (χ0) is 11.1. The molecule has 0 aromatic heterocycles. The van der Waals surface area contributed by atoms with Gasteiger partial charge in [-0.3, -0.25) is 0 Å². The lowest BCUT2D eigenvalue weighted by Gasteiger charge is -2.12. The van der Waals surface area contributed by atoms with E-state index in [1.807, 2.05) is 11.9 Å². The molecule has 1 heterocycles. The number of anilines is 1. The number of sulfone groups is 1. The third-order valence-electron chi connectivity index (χ3n) is 2.60. The van der Waals surface area contributed by atoms with Crippen LogP contribution in [0.5, 0.6) is 0 Å². The highest BCUT2D eigenvalue weighted by molar-refractivity contribution is 7.91. The number of rotatable bonds is 0. The lowest BCUT2D eigenvalue weighted by Crippen LogP contribution is -2.21. The van der Waals surface area contributed by atoms with Crippen molar-refractivity contribution in [1.29, 1.82) is 0 Å². The summed E-state index contributed by atoms with van der Waals surface area (Å²) in [4.78, 5) is 2.42. The van der Waals surface area contributed by atoms with Crippen molar-refractivity contribution >= 4 is 15.5 Å². The van der Waals surface area contributed by atoms with Crippen LogP contribution in [0.2, 0.25) is 0 Å². The summed E-state index contributed by atoms with van der Waals surface area (Å²) in [6, 6.07) is 5.00. The van der Waals surface area contributed by atoms with E-state index in [1.165, 1.54) is 0 Å². The molecule has 0 saturated heterocycles. The minimum absolute atomic E-state index is 0.181. The Morgan fingerprint density at radius 2 is 2.13 bits per heavy atom. The van der Waals surface area contributed by atoms with Crippen LogP contribution >= 0.6 is 0 Å². The Labute approximate surface area is 89.6 Å². The molecule has 0 saturated carbocycles. The molecule has 0 radical (unpaired) electrons. The Bertz CT molecular complexity index is 482. The van der Waals surface area contributed by atoms with E-state index in [4.69, 9.17) is 5.73 Å². The van der Waals surface area contributed by atoms with Gasteiger partial charge in [0, 0.05) is 18.8 Å². The van der Waals surface area contributed by atoms with Gasteiger partial charge in [-0.25, -0.2) is 8.42 Å².